The molecule has 1 aromatic carbocycles. The molecule has 0 saturated heterocycles. The molecule has 0 saturated carbocycles. The van der Waals surface area contributed by atoms with E-state index >= 15 is 0 Å². The second-order valence-electron chi connectivity index (χ2n) is 4.83. The average molecular weight is 339 g/mol. The number of rotatable bonds is 3. The maximum atomic E-state index is 13.4. The molecule has 0 fully saturated rings. The van der Waals surface area contributed by atoms with Crippen molar-refractivity contribution in [3.8, 4) is 0 Å². The van der Waals surface area contributed by atoms with Crippen LogP contribution in [0.25, 0.3) is 11.0 Å². The molecule has 22 heavy (non-hydrogen) atoms. The molecule has 0 aliphatic heterocycles. The van der Waals surface area contributed by atoms with Gasteiger partial charge in [0.2, 0.25) is 5.13 Å². The lowest BCUT2D eigenvalue weighted by Crippen LogP contribution is -2.01. The molecular formula is C13H11F2N5S2. The van der Waals surface area contributed by atoms with Crippen molar-refractivity contribution in [2.45, 2.75) is 29.1 Å². The maximum Gasteiger partial charge on any atom is 0.203 e. The molecule has 0 aliphatic carbocycles. The lowest BCUT2D eigenvalue weighted by molar-refractivity contribution is 0.510. The predicted molar refractivity (Wildman–Crippen MR) is 82.0 cm³/mol. The lowest BCUT2D eigenvalue weighted by atomic mass is 10.1. The summed E-state index contributed by atoms with van der Waals surface area (Å²) >= 11 is 2.49. The minimum atomic E-state index is -0.949. The van der Waals surface area contributed by atoms with Gasteiger partial charge in [-0.3, -0.25) is 0 Å². The molecule has 0 bridgehead atoms. The van der Waals surface area contributed by atoms with Crippen LogP contribution in [0, 0.1) is 11.6 Å². The highest BCUT2D eigenvalue weighted by atomic mass is 32.2. The van der Waals surface area contributed by atoms with Gasteiger partial charge < -0.3 is 5.73 Å². The molecule has 0 radical (unpaired) electrons. The topological polar surface area (TPSA) is 77.6 Å². The molecular weight excluding hydrogens is 328 g/mol. The van der Waals surface area contributed by atoms with Crippen LogP contribution >= 0.6 is 23.1 Å². The van der Waals surface area contributed by atoms with Crippen molar-refractivity contribution < 1.29 is 8.78 Å². The van der Waals surface area contributed by atoms with Gasteiger partial charge in [0.15, 0.2) is 16.0 Å². The van der Waals surface area contributed by atoms with E-state index in [4.69, 9.17) is 5.73 Å². The van der Waals surface area contributed by atoms with E-state index in [0.29, 0.717) is 31.2 Å². The first-order chi connectivity index (χ1) is 10.4. The van der Waals surface area contributed by atoms with Gasteiger partial charge in [0.25, 0.3) is 0 Å². The van der Waals surface area contributed by atoms with E-state index in [1.807, 2.05) is 13.8 Å². The van der Waals surface area contributed by atoms with E-state index < -0.39 is 11.6 Å². The Bertz CT molecular complexity index is 850. The zero-order valence-electron chi connectivity index (χ0n) is 11.7. The van der Waals surface area contributed by atoms with Crippen molar-refractivity contribution in [1.82, 2.24) is 20.2 Å². The number of hydrogen-bond donors (Lipinski definition) is 1. The van der Waals surface area contributed by atoms with E-state index in [1.54, 1.807) is 0 Å². The van der Waals surface area contributed by atoms with Crippen LogP contribution in [-0.2, 0) is 0 Å². The molecule has 3 rings (SSSR count). The Morgan fingerprint density at radius 2 is 1.73 bits per heavy atom. The SMILES string of the molecule is CC(C)c1nc2cc(F)c(F)cc2nc1Sc1nnc(N)s1. The predicted octanol–water partition coefficient (Wildman–Crippen LogP) is 3.62. The van der Waals surface area contributed by atoms with Crippen LogP contribution in [0.2, 0.25) is 0 Å². The van der Waals surface area contributed by atoms with Crippen LogP contribution in [-0.4, -0.2) is 20.2 Å². The Kier molecular flexibility index (Phi) is 3.92. The summed E-state index contributed by atoms with van der Waals surface area (Å²) in [5.41, 5.74) is 6.87. The quantitative estimate of drug-likeness (QED) is 0.785. The molecule has 2 heterocycles. The van der Waals surface area contributed by atoms with E-state index in [1.165, 1.54) is 23.1 Å². The van der Waals surface area contributed by atoms with Crippen molar-refractivity contribution >= 4 is 39.3 Å². The number of nitrogens with two attached hydrogens (primary N) is 1. The second-order valence-corrected chi connectivity index (χ2v) is 7.08. The number of benzene rings is 1. The summed E-state index contributed by atoms with van der Waals surface area (Å²) in [5, 5.41) is 8.62. The van der Waals surface area contributed by atoms with E-state index in [0.717, 1.165) is 12.1 Å². The fourth-order valence-corrected chi connectivity index (χ4v) is 3.62. The van der Waals surface area contributed by atoms with Crippen LogP contribution in [0.3, 0.4) is 0 Å². The van der Waals surface area contributed by atoms with Crippen LogP contribution in [0.4, 0.5) is 13.9 Å². The third-order valence-electron chi connectivity index (χ3n) is 2.85. The molecule has 2 aromatic heterocycles. The summed E-state index contributed by atoms with van der Waals surface area (Å²) in [6.07, 6.45) is 0. The Balaban J connectivity index is 2.14. The first-order valence-corrected chi connectivity index (χ1v) is 8.01. The number of halogens is 2. The van der Waals surface area contributed by atoms with Gasteiger partial charge >= 0.3 is 0 Å². The Labute approximate surface area is 133 Å². The van der Waals surface area contributed by atoms with Gasteiger partial charge in [-0.2, -0.15) is 0 Å². The molecule has 5 nitrogen and oxygen atoms in total. The number of aromatic nitrogens is 4. The van der Waals surface area contributed by atoms with Crippen molar-refractivity contribution in [3.63, 3.8) is 0 Å². The summed E-state index contributed by atoms with van der Waals surface area (Å²) in [5.74, 6) is -1.82. The summed E-state index contributed by atoms with van der Waals surface area (Å²) < 4.78 is 27.4. The first kappa shape index (κ1) is 15.0. The highest BCUT2D eigenvalue weighted by Crippen LogP contribution is 2.35. The number of nitrogens with zero attached hydrogens (tertiary/aromatic N) is 4. The minimum Gasteiger partial charge on any atom is -0.374 e. The lowest BCUT2D eigenvalue weighted by Gasteiger charge is -2.11. The van der Waals surface area contributed by atoms with Gasteiger partial charge in [-0.1, -0.05) is 25.2 Å². The minimum absolute atomic E-state index is 0.0674. The molecule has 0 amide bonds. The molecule has 0 aliphatic rings. The highest BCUT2D eigenvalue weighted by Gasteiger charge is 2.17. The molecule has 2 N–H and O–H groups in total. The van der Waals surface area contributed by atoms with Crippen molar-refractivity contribution in [1.29, 1.82) is 0 Å². The van der Waals surface area contributed by atoms with Crippen molar-refractivity contribution in [3.05, 3.63) is 29.5 Å². The third-order valence-corrected chi connectivity index (χ3v) is 4.65. The third kappa shape index (κ3) is 2.86. The van der Waals surface area contributed by atoms with Gasteiger partial charge in [-0.25, -0.2) is 18.7 Å². The first-order valence-electron chi connectivity index (χ1n) is 6.37. The average Bonchev–Trinajstić information content (AvgIpc) is 2.85. The number of fused-ring (bicyclic) bond motifs is 1. The molecule has 0 unspecified atom stereocenters. The summed E-state index contributed by atoms with van der Waals surface area (Å²) in [4.78, 5) is 8.81. The van der Waals surface area contributed by atoms with Crippen molar-refractivity contribution in [2.24, 2.45) is 0 Å². The maximum absolute atomic E-state index is 13.4. The molecule has 9 heteroatoms. The fraction of sp³-hybridized carbons (Fsp3) is 0.231. The highest BCUT2D eigenvalue weighted by molar-refractivity contribution is 8.01. The number of anilines is 1. The van der Waals surface area contributed by atoms with Gasteiger partial charge in [0, 0.05) is 12.1 Å². The monoisotopic (exact) mass is 339 g/mol. The van der Waals surface area contributed by atoms with Crippen LogP contribution in [0.15, 0.2) is 21.5 Å². The second kappa shape index (κ2) is 5.73. The normalized spacial score (nSPS) is 11.5. The van der Waals surface area contributed by atoms with Crippen LogP contribution in [0.1, 0.15) is 25.5 Å². The van der Waals surface area contributed by atoms with Crippen LogP contribution in [0.5, 0.6) is 0 Å². The van der Waals surface area contributed by atoms with Crippen molar-refractivity contribution in [2.75, 3.05) is 5.73 Å². The Morgan fingerprint density at radius 3 is 2.27 bits per heavy atom. The number of nitrogen functional groups attached to an aromatic ring is 1. The molecule has 114 valence electrons. The van der Waals surface area contributed by atoms with E-state index in [2.05, 4.69) is 20.2 Å². The zero-order valence-corrected chi connectivity index (χ0v) is 13.3. The molecule has 0 atom stereocenters. The summed E-state index contributed by atoms with van der Waals surface area (Å²) in [7, 11) is 0. The van der Waals surface area contributed by atoms with Crippen LogP contribution < -0.4 is 5.73 Å². The van der Waals surface area contributed by atoms with Gasteiger partial charge in [-0.15, -0.1) is 10.2 Å². The smallest absolute Gasteiger partial charge is 0.203 e. The van der Waals surface area contributed by atoms with E-state index in [-0.39, 0.29) is 5.92 Å². The summed E-state index contributed by atoms with van der Waals surface area (Å²) in [6.45, 7) is 3.91. The number of hydrogen-bond acceptors (Lipinski definition) is 7. The van der Waals surface area contributed by atoms with Gasteiger partial charge in [0.05, 0.1) is 16.7 Å². The van der Waals surface area contributed by atoms with Gasteiger partial charge in [0.1, 0.15) is 5.03 Å². The fourth-order valence-electron chi connectivity index (χ4n) is 1.84. The van der Waals surface area contributed by atoms with E-state index in [9.17, 15) is 8.78 Å². The largest absolute Gasteiger partial charge is 0.374 e. The van der Waals surface area contributed by atoms with Gasteiger partial charge in [-0.05, 0) is 17.7 Å². The zero-order chi connectivity index (χ0) is 15.9. The summed E-state index contributed by atoms with van der Waals surface area (Å²) in [6, 6.07) is 2.10. The molecule has 3 aromatic rings. The standard InChI is InChI=1S/C13H11F2N5S2/c1-5(2)10-11(21-13-20-19-12(16)22-13)18-9-4-7(15)6(14)3-8(9)17-10/h3-5H,1-2H3,(H2,16,19). The Morgan fingerprint density at radius 1 is 1.09 bits per heavy atom. The Hall–Kier alpha value is -1.87. The molecule has 0 spiro atoms.